The lowest BCUT2D eigenvalue weighted by Crippen LogP contribution is -2.54. The predicted molar refractivity (Wildman–Crippen MR) is 53.7 cm³/mol. The molecule has 0 aromatic heterocycles. The Morgan fingerprint density at radius 3 is 2.71 bits per heavy atom. The topological polar surface area (TPSA) is 41.5 Å². The lowest BCUT2D eigenvalue weighted by molar-refractivity contribution is -0.0298. The summed E-state index contributed by atoms with van der Waals surface area (Å²) in [6.07, 6.45) is 7.29. The molecule has 2 atom stereocenters. The van der Waals surface area contributed by atoms with E-state index in [1.54, 1.807) is 0 Å². The standard InChI is InChI=1S/C11H17NO2/c1-3-11(13)8-14-9(2)10(11)4-6-12-7-5-10/h1,9,12-13H,4-8H2,2H3. The van der Waals surface area contributed by atoms with E-state index in [-0.39, 0.29) is 18.1 Å². The van der Waals surface area contributed by atoms with Crippen LogP contribution in [0, 0.1) is 17.8 Å². The van der Waals surface area contributed by atoms with Crippen LogP contribution in [-0.4, -0.2) is 36.5 Å². The van der Waals surface area contributed by atoms with Gasteiger partial charge in [-0.1, -0.05) is 5.92 Å². The Kier molecular flexibility index (Phi) is 2.30. The summed E-state index contributed by atoms with van der Waals surface area (Å²) in [5.41, 5.74) is -1.29. The Hall–Kier alpha value is -0.560. The van der Waals surface area contributed by atoms with Crippen LogP contribution in [-0.2, 0) is 4.74 Å². The highest BCUT2D eigenvalue weighted by atomic mass is 16.5. The second-order valence-corrected chi connectivity index (χ2v) is 4.36. The molecule has 2 fully saturated rings. The van der Waals surface area contributed by atoms with Crippen LogP contribution in [0.25, 0.3) is 0 Å². The quantitative estimate of drug-likeness (QED) is 0.540. The first kappa shape index (κ1) is 9.97. The number of hydrogen-bond acceptors (Lipinski definition) is 3. The minimum Gasteiger partial charge on any atom is -0.374 e. The van der Waals surface area contributed by atoms with Gasteiger partial charge in [-0.2, -0.15) is 0 Å². The molecule has 0 radical (unpaired) electrons. The number of ether oxygens (including phenoxy) is 1. The Morgan fingerprint density at radius 2 is 2.14 bits per heavy atom. The van der Waals surface area contributed by atoms with Crippen LogP contribution in [0.5, 0.6) is 0 Å². The summed E-state index contributed by atoms with van der Waals surface area (Å²) in [4.78, 5) is 0. The maximum atomic E-state index is 10.4. The third-order valence-electron chi connectivity index (χ3n) is 3.88. The molecule has 1 spiro atoms. The van der Waals surface area contributed by atoms with Crippen molar-refractivity contribution in [1.82, 2.24) is 5.32 Å². The van der Waals surface area contributed by atoms with E-state index in [9.17, 15) is 5.11 Å². The molecule has 3 heteroatoms. The van der Waals surface area contributed by atoms with Gasteiger partial charge in [0.05, 0.1) is 12.7 Å². The summed E-state index contributed by atoms with van der Waals surface area (Å²) in [6.45, 7) is 4.13. The molecule has 0 aromatic carbocycles. The summed E-state index contributed by atoms with van der Waals surface area (Å²) in [7, 11) is 0. The van der Waals surface area contributed by atoms with Crippen molar-refractivity contribution in [2.24, 2.45) is 5.41 Å². The number of piperidine rings is 1. The molecule has 2 heterocycles. The SMILES string of the molecule is C#CC1(O)COC(C)C12CCNCC2. The Labute approximate surface area is 84.8 Å². The number of rotatable bonds is 0. The molecule has 2 aliphatic heterocycles. The number of nitrogens with one attached hydrogen (secondary N) is 1. The molecular formula is C11H17NO2. The highest BCUT2D eigenvalue weighted by Gasteiger charge is 2.58. The van der Waals surface area contributed by atoms with Gasteiger partial charge in [0, 0.05) is 5.41 Å². The molecule has 14 heavy (non-hydrogen) atoms. The summed E-state index contributed by atoms with van der Waals surface area (Å²) in [5, 5.41) is 13.6. The Bertz CT molecular complexity index is 265. The molecular weight excluding hydrogens is 178 g/mol. The maximum Gasteiger partial charge on any atom is 0.156 e. The molecule has 2 saturated heterocycles. The highest BCUT2D eigenvalue weighted by Crippen LogP contribution is 2.48. The van der Waals surface area contributed by atoms with E-state index in [0.29, 0.717) is 0 Å². The van der Waals surface area contributed by atoms with Gasteiger partial charge in [-0.05, 0) is 32.9 Å². The first-order valence-corrected chi connectivity index (χ1v) is 5.17. The van der Waals surface area contributed by atoms with E-state index in [1.165, 1.54) is 0 Å². The normalized spacial score (nSPS) is 41.1. The molecule has 0 aliphatic carbocycles. The lowest BCUT2D eigenvalue weighted by atomic mass is 9.65. The molecule has 0 amide bonds. The fraction of sp³-hybridized carbons (Fsp3) is 0.818. The second-order valence-electron chi connectivity index (χ2n) is 4.36. The van der Waals surface area contributed by atoms with Crippen molar-refractivity contribution in [3.05, 3.63) is 0 Å². The van der Waals surface area contributed by atoms with Gasteiger partial charge in [-0.3, -0.25) is 0 Å². The largest absolute Gasteiger partial charge is 0.374 e. The van der Waals surface area contributed by atoms with Crippen molar-refractivity contribution in [2.45, 2.75) is 31.5 Å². The number of aliphatic hydroxyl groups is 1. The third-order valence-corrected chi connectivity index (χ3v) is 3.88. The lowest BCUT2D eigenvalue weighted by Gasteiger charge is -2.43. The van der Waals surface area contributed by atoms with Gasteiger partial charge < -0.3 is 15.2 Å². The molecule has 0 bridgehead atoms. The van der Waals surface area contributed by atoms with Crippen molar-refractivity contribution in [2.75, 3.05) is 19.7 Å². The molecule has 2 unspecified atom stereocenters. The van der Waals surface area contributed by atoms with Gasteiger partial charge in [0.15, 0.2) is 5.60 Å². The van der Waals surface area contributed by atoms with E-state index in [0.717, 1.165) is 25.9 Å². The Morgan fingerprint density at radius 1 is 1.50 bits per heavy atom. The Balaban J connectivity index is 2.32. The van der Waals surface area contributed by atoms with Crippen LogP contribution in [0.3, 0.4) is 0 Å². The monoisotopic (exact) mass is 195 g/mol. The maximum absolute atomic E-state index is 10.4. The van der Waals surface area contributed by atoms with Crippen LogP contribution in [0.1, 0.15) is 19.8 Å². The van der Waals surface area contributed by atoms with Crippen LogP contribution in [0.15, 0.2) is 0 Å². The molecule has 0 aromatic rings. The van der Waals surface area contributed by atoms with Gasteiger partial charge in [0.2, 0.25) is 0 Å². The summed E-state index contributed by atoms with van der Waals surface area (Å²) in [5.74, 6) is 2.53. The van der Waals surface area contributed by atoms with E-state index in [2.05, 4.69) is 11.2 Å². The molecule has 78 valence electrons. The number of terminal acetylenes is 1. The number of hydrogen-bond donors (Lipinski definition) is 2. The summed E-state index contributed by atoms with van der Waals surface area (Å²) < 4.78 is 5.53. The zero-order valence-corrected chi connectivity index (χ0v) is 8.55. The average molecular weight is 195 g/mol. The van der Waals surface area contributed by atoms with Crippen molar-refractivity contribution < 1.29 is 9.84 Å². The minimum absolute atomic E-state index is 0.0608. The highest BCUT2D eigenvalue weighted by molar-refractivity contribution is 5.22. The molecule has 0 saturated carbocycles. The average Bonchev–Trinajstić information content (AvgIpc) is 2.46. The van der Waals surface area contributed by atoms with Crippen LogP contribution < -0.4 is 5.32 Å². The predicted octanol–water partition coefficient (Wildman–Crippen LogP) is 0.139. The minimum atomic E-state index is -1.06. The van der Waals surface area contributed by atoms with Gasteiger partial charge in [0.25, 0.3) is 0 Å². The van der Waals surface area contributed by atoms with Crippen molar-refractivity contribution in [1.29, 1.82) is 0 Å². The van der Waals surface area contributed by atoms with Gasteiger partial charge in [0.1, 0.15) is 0 Å². The second kappa shape index (κ2) is 3.23. The molecule has 2 N–H and O–H groups in total. The molecule has 2 aliphatic rings. The van der Waals surface area contributed by atoms with Crippen LogP contribution >= 0.6 is 0 Å². The first-order valence-electron chi connectivity index (χ1n) is 5.17. The van der Waals surface area contributed by atoms with Gasteiger partial charge in [-0.25, -0.2) is 0 Å². The smallest absolute Gasteiger partial charge is 0.156 e. The fourth-order valence-electron chi connectivity index (χ4n) is 2.76. The van der Waals surface area contributed by atoms with E-state index in [4.69, 9.17) is 11.2 Å². The van der Waals surface area contributed by atoms with Gasteiger partial charge >= 0.3 is 0 Å². The van der Waals surface area contributed by atoms with Crippen molar-refractivity contribution >= 4 is 0 Å². The molecule has 3 nitrogen and oxygen atoms in total. The first-order chi connectivity index (χ1) is 6.65. The zero-order valence-electron chi connectivity index (χ0n) is 8.55. The van der Waals surface area contributed by atoms with Crippen molar-refractivity contribution in [3.8, 4) is 12.3 Å². The molecule has 2 rings (SSSR count). The fourth-order valence-corrected chi connectivity index (χ4v) is 2.76. The van der Waals surface area contributed by atoms with Crippen LogP contribution in [0.2, 0.25) is 0 Å². The van der Waals surface area contributed by atoms with E-state index >= 15 is 0 Å². The third kappa shape index (κ3) is 1.12. The summed E-state index contributed by atoms with van der Waals surface area (Å²) >= 11 is 0. The zero-order chi connectivity index (χ0) is 10.2. The van der Waals surface area contributed by atoms with E-state index < -0.39 is 5.60 Å². The summed E-state index contributed by atoms with van der Waals surface area (Å²) in [6, 6.07) is 0. The van der Waals surface area contributed by atoms with Crippen LogP contribution in [0.4, 0.5) is 0 Å². The van der Waals surface area contributed by atoms with Gasteiger partial charge in [-0.15, -0.1) is 6.42 Å². The van der Waals surface area contributed by atoms with E-state index in [1.807, 2.05) is 6.92 Å². The van der Waals surface area contributed by atoms with Crippen molar-refractivity contribution in [3.63, 3.8) is 0 Å².